The number of aryl methyl sites for hydroxylation is 1. The van der Waals surface area contributed by atoms with E-state index in [9.17, 15) is 0 Å². The number of nitrogens with zero attached hydrogens (tertiary/aromatic N) is 1. The van der Waals surface area contributed by atoms with Gasteiger partial charge in [0.25, 0.3) is 0 Å². The van der Waals surface area contributed by atoms with E-state index >= 15 is 0 Å². The Morgan fingerprint density at radius 2 is 2.27 bits per heavy atom. The number of aromatic nitrogens is 1. The summed E-state index contributed by atoms with van der Waals surface area (Å²) in [6, 6.07) is 3.86. The second-order valence-electron chi connectivity index (χ2n) is 3.51. The maximum atomic E-state index is 5.24. The zero-order chi connectivity index (χ0) is 10.9. The Balaban J connectivity index is 2.30. The summed E-state index contributed by atoms with van der Waals surface area (Å²) in [6.07, 6.45) is 5.08. The van der Waals surface area contributed by atoms with Gasteiger partial charge in [0.1, 0.15) is 5.75 Å². The lowest BCUT2D eigenvalue weighted by molar-refractivity contribution is 0.406. The molecule has 1 rings (SSSR count). The van der Waals surface area contributed by atoms with Gasteiger partial charge in [-0.25, -0.2) is 0 Å². The maximum absolute atomic E-state index is 5.24. The molecule has 0 unspecified atom stereocenters. The van der Waals surface area contributed by atoms with Gasteiger partial charge >= 0.3 is 0 Å². The molecule has 0 atom stereocenters. The van der Waals surface area contributed by atoms with Crippen LogP contribution in [0.25, 0.3) is 0 Å². The predicted octanol–water partition coefficient (Wildman–Crippen LogP) is 2.02. The van der Waals surface area contributed by atoms with E-state index in [0.29, 0.717) is 0 Å². The van der Waals surface area contributed by atoms with Crippen LogP contribution >= 0.6 is 0 Å². The molecule has 0 radical (unpaired) electrons. The second kappa shape index (κ2) is 7.23. The monoisotopic (exact) mass is 208 g/mol. The Morgan fingerprint density at radius 3 is 3.00 bits per heavy atom. The number of ether oxygens (including phenoxy) is 1. The van der Waals surface area contributed by atoms with E-state index in [1.165, 1.54) is 6.42 Å². The van der Waals surface area contributed by atoms with Gasteiger partial charge in [-0.2, -0.15) is 0 Å². The minimum atomic E-state index is 0.896. The third kappa shape index (κ3) is 4.30. The van der Waals surface area contributed by atoms with Gasteiger partial charge in [-0.15, -0.1) is 0 Å². The highest BCUT2D eigenvalue weighted by molar-refractivity contribution is 5.26. The fourth-order valence-electron chi connectivity index (χ4n) is 1.48. The van der Waals surface area contributed by atoms with Crippen molar-refractivity contribution in [1.82, 2.24) is 10.3 Å². The first-order valence-electron chi connectivity index (χ1n) is 5.57. The maximum Gasteiger partial charge on any atom is 0.140 e. The predicted molar refractivity (Wildman–Crippen MR) is 62.3 cm³/mol. The largest absolute Gasteiger partial charge is 0.495 e. The minimum Gasteiger partial charge on any atom is -0.495 e. The molecule has 1 aromatic heterocycles. The molecule has 0 fully saturated rings. The SMILES string of the molecule is CCCNCCCc1ncccc1OC. The smallest absolute Gasteiger partial charge is 0.140 e. The van der Waals surface area contributed by atoms with E-state index in [2.05, 4.69) is 17.2 Å². The van der Waals surface area contributed by atoms with Gasteiger partial charge in [0.05, 0.1) is 12.8 Å². The first kappa shape index (κ1) is 12.0. The summed E-state index contributed by atoms with van der Waals surface area (Å²) in [4.78, 5) is 4.31. The van der Waals surface area contributed by atoms with Crippen molar-refractivity contribution >= 4 is 0 Å². The van der Waals surface area contributed by atoms with E-state index in [0.717, 1.165) is 37.4 Å². The van der Waals surface area contributed by atoms with Gasteiger partial charge in [-0.1, -0.05) is 6.92 Å². The zero-order valence-corrected chi connectivity index (χ0v) is 9.62. The molecule has 1 aromatic rings. The minimum absolute atomic E-state index is 0.896. The molecule has 84 valence electrons. The highest BCUT2D eigenvalue weighted by Crippen LogP contribution is 2.15. The number of nitrogens with one attached hydrogen (secondary N) is 1. The van der Waals surface area contributed by atoms with Gasteiger partial charge in [-0.05, 0) is 44.5 Å². The van der Waals surface area contributed by atoms with Crippen LogP contribution in [0.15, 0.2) is 18.3 Å². The normalized spacial score (nSPS) is 10.3. The lowest BCUT2D eigenvalue weighted by Gasteiger charge is -2.07. The molecule has 1 N–H and O–H groups in total. The quantitative estimate of drug-likeness (QED) is 0.696. The van der Waals surface area contributed by atoms with Crippen molar-refractivity contribution in [3.8, 4) is 5.75 Å². The Bertz CT molecular complexity index is 276. The Labute approximate surface area is 91.9 Å². The number of rotatable bonds is 7. The third-order valence-electron chi connectivity index (χ3n) is 2.26. The molecule has 1 heterocycles. The van der Waals surface area contributed by atoms with E-state index in [1.54, 1.807) is 7.11 Å². The van der Waals surface area contributed by atoms with Gasteiger partial charge in [0.2, 0.25) is 0 Å². The fourth-order valence-corrected chi connectivity index (χ4v) is 1.48. The average Bonchev–Trinajstić information content (AvgIpc) is 2.29. The van der Waals surface area contributed by atoms with Crippen LogP contribution in [0, 0.1) is 0 Å². The number of hydrogen-bond acceptors (Lipinski definition) is 3. The van der Waals surface area contributed by atoms with E-state index in [4.69, 9.17) is 4.74 Å². The Hall–Kier alpha value is -1.09. The molecule has 15 heavy (non-hydrogen) atoms. The first-order valence-corrected chi connectivity index (χ1v) is 5.57. The molecular weight excluding hydrogens is 188 g/mol. The molecule has 3 nitrogen and oxygen atoms in total. The highest BCUT2D eigenvalue weighted by Gasteiger charge is 2.01. The summed E-state index contributed by atoms with van der Waals surface area (Å²) in [7, 11) is 1.69. The molecule has 3 heteroatoms. The van der Waals surface area contributed by atoms with Crippen LogP contribution in [-0.4, -0.2) is 25.2 Å². The Morgan fingerprint density at radius 1 is 1.40 bits per heavy atom. The second-order valence-corrected chi connectivity index (χ2v) is 3.51. The molecule has 0 aliphatic heterocycles. The lowest BCUT2D eigenvalue weighted by atomic mass is 10.2. The van der Waals surface area contributed by atoms with E-state index < -0.39 is 0 Å². The summed E-state index contributed by atoms with van der Waals surface area (Å²) >= 11 is 0. The lowest BCUT2D eigenvalue weighted by Crippen LogP contribution is -2.16. The van der Waals surface area contributed by atoms with Crippen LogP contribution < -0.4 is 10.1 Å². The van der Waals surface area contributed by atoms with Gasteiger partial charge in [-0.3, -0.25) is 4.98 Å². The summed E-state index contributed by atoms with van der Waals surface area (Å²) in [5.41, 5.74) is 1.05. The standard InChI is InChI=1S/C12H20N2O/c1-3-8-13-9-4-6-11-12(15-2)7-5-10-14-11/h5,7,10,13H,3-4,6,8-9H2,1-2H3. The van der Waals surface area contributed by atoms with Crippen LogP contribution in [0.4, 0.5) is 0 Å². The molecule has 0 aliphatic carbocycles. The molecule has 0 spiro atoms. The van der Waals surface area contributed by atoms with Crippen molar-refractivity contribution < 1.29 is 4.74 Å². The van der Waals surface area contributed by atoms with Crippen LogP contribution in [0.5, 0.6) is 5.75 Å². The number of hydrogen-bond donors (Lipinski definition) is 1. The molecule has 0 bridgehead atoms. The summed E-state index contributed by atoms with van der Waals surface area (Å²) in [5.74, 6) is 0.896. The molecule has 0 aliphatic rings. The van der Waals surface area contributed by atoms with Crippen molar-refractivity contribution in [2.45, 2.75) is 26.2 Å². The Kier molecular flexibility index (Phi) is 5.78. The van der Waals surface area contributed by atoms with Crippen molar-refractivity contribution in [2.75, 3.05) is 20.2 Å². The van der Waals surface area contributed by atoms with Crippen LogP contribution in [-0.2, 0) is 6.42 Å². The third-order valence-corrected chi connectivity index (χ3v) is 2.26. The van der Waals surface area contributed by atoms with Crippen molar-refractivity contribution in [3.05, 3.63) is 24.0 Å². The topological polar surface area (TPSA) is 34.2 Å². The summed E-state index contributed by atoms with van der Waals surface area (Å²) in [6.45, 7) is 4.32. The van der Waals surface area contributed by atoms with Gasteiger partial charge < -0.3 is 10.1 Å². The molecule has 0 saturated carbocycles. The summed E-state index contributed by atoms with van der Waals surface area (Å²) in [5, 5.41) is 3.37. The van der Waals surface area contributed by atoms with Crippen molar-refractivity contribution in [1.29, 1.82) is 0 Å². The number of methoxy groups -OCH3 is 1. The molecule has 0 aromatic carbocycles. The van der Waals surface area contributed by atoms with Gasteiger partial charge in [0.15, 0.2) is 0 Å². The van der Waals surface area contributed by atoms with E-state index in [-0.39, 0.29) is 0 Å². The fraction of sp³-hybridized carbons (Fsp3) is 0.583. The molecular formula is C12H20N2O. The molecule has 0 amide bonds. The number of pyridine rings is 1. The van der Waals surface area contributed by atoms with Gasteiger partial charge in [0, 0.05) is 6.20 Å². The van der Waals surface area contributed by atoms with Crippen molar-refractivity contribution in [2.24, 2.45) is 0 Å². The van der Waals surface area contributed by atoms with E-state index in [1.807, 2.05) is 18.3 Å². The first-order chi connectivity index (χ1) is 7.38. The highest BCUT2D eigenvalue weighted by atomic mass is 16.5. The average molecular weight is 208 g/mol. The van der Waals surface area contributed by atoms with Crippen molar-refractivity contribution in [3.63, 3.8) is 0 Å². The van der Waals surface area contributed by atoms with Crippen LogP contribution in [0.3, 0.4) is 0 Å². The molecule has 0 saturated heterocycles. The van der Waals surface area contributed by atoms with Crippen LogP contribution in [0.1, 0.15) is 25.5 Å². The van der Waals surface area contributed by atoms with Crippen LogP contribution in [0.2, 0.25) is 0 Å². The summed E-state index contributed by atoms with van der Waals surface area (Å²) < 4.78 is 5.24. The zero-order valence-electron chi connectivity index (χ0n) is 9.62.